The van der Waals surface area contributed by atoms with Gasteiger partial charge in [-0.1, -0.05) is 38.1 Å². The zero-order chi connectivity index (χ0) is 18.8. The fourth-order valence-corrected chi connectivity index (χ4v) is 2.10. The molecule has 0 saturated carbocycles. The monoisotopic (exact) mass is 346 g/mol. The highest BCUT2D eigenvalue weighted by Gasteiger charge is 2.56. The molecule has 1 aromatic rings. The molecular formula is C18H25F3O3. The SMILES string of the molecule is CCC(C)c1cccc(C(C)(OC(=O)OC(C)(C)C)C(F)(F)F)c1. The van der Waals surface area contributed by atoms with Crippen LogP contribution in [-0.4, -0.2) is 17.9 Å². The second-order valence-corrected chi connectivity index (χ2v) is 7.03. The molecule has 0 bridgehead atoms. The highest BCUT2D eigenvalue weighted by molar-refractivity contribution is 5.61. The van der Waals surface area contributed by atoms with Crippen molar-refractivity contribution in [2.24, 2.45) is 0 Å². The second kappa shape index (κ2) is 7.03. The summed E-state index contributed by atoms with van der Waals surface area (Å²) >= 11 is 0. The molecule has 24 heavy (non-hydrogen) atoms. The molecule has 0 radical (unpaired) electrons. The molecule has 0 heterocycles. The third-order valence-electron chi connectivity index (χ3n) is 3.84. The molecule has 0 saturated heterocycles. The van der Waals surface area contributed by atoms with Crippen molar-refractivity contribution in [3.8, 4) is 0 Å². The minimum atomic E-state index is -4.78. The van der Waals surface area contributed by atoms with Gasteiger partial charge in [0.05, 0.1) is 0 Å². The Labute approximate surface area is 141 Å². The zero-order valence-corrected chi connectivity index (χ0v) is 15.0. The van der Waals surface area contributed by atoms with E-state index in [1.807, 2.05) is 13.8 Å². The van der Waals surface area contributed by atoms with Crippen LogP contribution in [0.5, 0.6) is 0 Å². The second-order valence-electron chi connectivity index (χ2n) is 7.03. The summed E-state index contributed by atoms with van der Waals surface area (Å²) in [6, 6.07) is 6.05. The number of hydrogen-bond donors (Lipinski definition) is 0. The van der Waals surface area contributed by atoms with Crippen molar-refractivity contribution in [3.05, 3.63) is 35.4 Å². The van der Waals surface area contributed by atoms with Crippen molar-refractivity contribution in [3.63, 3.8) is 0 Å². The molecule has 0 amide bonds. The van der Waals surface area contributed by atoms with E-state index in [0.717, 1.165) is 18.9 Å². The van der Waals surface area contributed by atoms with Crippen LogP contribution < -0.4 is 0 Å². The van der Waals surface area contributed by atoms with E-state index in [1.54, 1.807) is 32.9 Å². The lowest BCUT2D eigenvalue weighted by atomic mass is 9.89. The van der Waals surface area contributed by atoms with Crippen LogP contribution in [0.2, 0.25) is 0 Å². The highest BCUT2D eigenvalue weighted by Crippen LogP contribution is 2.43. The Morgan fingerprint density at radius 3 is 2.17 bits per heavy atom. The number of halogens is 3. The van der Waals surface area contributed by atoms with Gasteiger partial charge in [-0.3, -0.25) is 0 Å². The molecule has 3 nitrogen and oxygen atoms in total. The van der Waals surface area contributed by atoms with Crippen LogP contribution in [0.15, 0.2) is 24.3 Å². The van der Waals surface area contributed by atoms with Crippen LogP contribution in [0.25, 0.3) is 0 Å². The summed E-state index contributed by atoms with van der Waals surface area (Å²) in [4.78, 5) is 11.8. The first-order chi connectivity index (χ1) is 10.8. The fourth-order valence-electron chi connectivity index (χ4n) is 2.10. The van der Waals surface area contributed by atoms with Crippen molar-refractivity contribution in [2.75, 3.05) is 0 Å². The Morgan fingerprint density at radius 1 is 1.12 bits per heavy atom. The molecular weight excluding hydrogens is 321 g/mol. The highest BCUT2D eigenvalue weighted by atomic mass is 19.4. The molecule has 2 unspecified atom stereocenters. The Balaban J connectivity index is 3.25. The van der Waals surface area contributed by atoms with Crippen LogP contribution in [0.1, 0.15) is 65.0 Å². The molecule has 0 aliphatic carbocycles. The number of carbonyl (C=O) groups excluding carboxylic acids is 1. The molecule has 6 heteroatoms. The Hall–Kier alpha value is -1.72. The number of benzene rings is 1. The van der Waals surface area contributed by atoms with Gasteiger partial charge in [-0.05, 0) is 45.6 Å². The third kappa shape index (κ3) is 4.89. The number of hydrogen-bond acceptors (Lipinski definition) is 3. The van der Waals surface area contributed by atoms with Gasteiger partial charge in [0.1, 0.15) is 5.60 Å². The first kappa shape index (κ1) is 20.3. The molecule has 136 valence electrons. The van der Waals surface area contributed by atoms with Gasteiger partial charge in [-0.15, -0.1) is 0 Å². The summed E-state index contributed by atoms with van der Waals surface area (Å²) in [7, 11) is 0. The molecule has 0 aliphatic heterocycles. The average molecular weight is 346 g/mol. The van der Waals surface area contributed by atoms with Crippen LogP contribution in [0.3, 0.4) is 0 Å². The lowest BCUT2D eigenvalue weighted by molar-refractivity contribution is -0.265. The van der Waals surface area contributed by atoms with Crippen LogP contribution >= 0.6 is 0 Å². The summed E-state index contributed by atoms with van der Waals surface area (Å²) in [6.45, 7) is 9.40. The van der Waals surface area contributed by atoms with Gasteiger partial charge in [0.15, 0.2) is 0 Å². The summed E-state index contributed by atoms with van der Waals surface area (Å²) < 4.78 is 50.6. The van der Waals surface area contributed by atoms with E-state index in [-0.39, 0.29) is 11.5 Å². The van der Waals surface area contributed by atoms with Gasteiger partial charge in [-0.2, -0.15) is 13.2 Å². The molecule has 2 atom stereocenters. The normalized spacial score (nSPS) is 16.2. The molecule has 0 spiro atoms. The van der Waals surface area contributed by atoms with Gasteiger partial charge >= 0.3 is 12.3 Å². The Bertz CT molecular complexity index is 576. The van der Waals surface area contributed by atoms with Gasteiger partial charge in [0, 0.05) is 5.56 Å². The third-order valence-corrected chi connectivity index (χ3v) is 3.84. The topological polar surface area (TPSA) is 35.5 Å². The predicted octanol–water partition coefficient (Wildman–Crippen LogP) is 5.93. The maximum absolute atomic E-state index is 13.7. The van der Waals surface area contributed by atoms with E-state index in [4.69, 9.17) is 9.47 Å². The van der Waals surface area contributed by atoms with E-state index < -0.39 is 23.5 Å². The van der Waals surface area contributed by atoms with E-state index in [9.17, 15) is 18.0 Å². The molecule has 0 aromatic heterocycles. The van der Waals surface area contributed by atoms with E-state index >= 15 is 0 Å². The smallest absolute Gasteiger partial charge is 0.429 e. The first-order valence-corrected chi connectivity index (χ1v) is 7.89. The average Bonchev–Trinajstić information content (AvgIpc) is 2.43. The van der Waals surface area contributed by atoms with Crippen molar-refractivity contribution >= 4 is 6.16 Å². The van der Waals surface area contributed by atoms with E-state index in [0.29, 0.717) is 0 Å². The molecule has 1 rings (SSSR count). The summed E-state index contributed by atoms with van der Waals surface area (Å²) in [5, 5.41) is 0. The summed E-state index contributed by atoms with van der Waals surface area (Å²) in [5.74, 6) is 0.101. The first-order valence-electron chi connectivity index (χ1n) is 7.89. The number of alkyl halides is 3. The fraction of sp³-hybridized carbons (Fsp3) is 0.611. The summed E-state index contributed by atoms with van der Waals surface area (Å²) in [6.07, 6.45) is -5.34. The van der Waals surface area contributed by atoms with Gasteiger partial charge in [0.2, 0.25) is 5.60 Å². The minimum absolute atomic E-state index is 0.101. The van der Waals surface area contributed by atoms with Crippen LogP contribution in [-0.2, 0) is 15.1 Å². The van der Waals surface area contributed by atoms with E-state index in [1.165, 1.54) is 12.1 Å². The maximum Gasteiger partial charge on any atom is 0.510 e. The number of ether oxygens (including phenoxy) is 2. The Morgan fingerprint density at radius 2 is 1.71 bits per heavy atom. The largest absolute Gasteiger partial charge is 0.510 e. The van der Waals surface area contributed by atoms with Gasteiger partial charge in [0.25, 0.3) is 0 Å². The molecule has 0 aliphatic rings. The van der Waals surface area contributed by atoms with Crippen molar-refractivity contribution in [1.82, 2.24) is 0 Å². The van der Waals surface area contributed by atoms with Gasteiger partial charge in [-0.25, -0.2) is 4.79 Å². The maximum atomic E-state index is 13.7. The lowest BCUT2D eigenvalue weighted by Crippen LogP contribution is -2.44. The number of rotatable bonds is 4. The lowest BCUT2D eigenvalue weighted by Gasteiger charge is -2.33. The van der Waals surface area contributed by atoms with Crippen molar-refractivity contribution in [2.45, 2.75) is 71.3 Å². The molecule has 0 N–H and O–H groups in total. The van der Waals surface area contributed by atoms with Crippen molar-refractivity contribution in [1.29, 1.82) is 0 Å². The predicted molar refractivity (Wildman–Crippen MR) is 85.9 cm³/mol. The minimum Gasteiger partial charge on any atom is -0.429 e. The number of carbonyl (C=O) groups is 1. The molecule has 1 aromatic carbocycles. The van der Waals surface area contributed by atoms with E-state index in [2.05, 4.69) is 0 Å². The van der Waals surface area contributed by atoms with Crippen molar-refractivity contribution < 1.29 is 27.4 Å². The van der Waals surface area contributed by atoms with Crippen LogP contribution in [0, 0.1) is 0 Å². The quantitative estimate of drug-likeness (QED) is 0.634. The standard InChI is InChI=1S/C18H25F3O3/c1-7-12(2)13-9-8-10-14(11-13)17(6,18(19,20)21)24-15(22)23-16(3,4)5/h8-12H,7H2,1-6H3. The zero-order valence-electron chi connectivity index (χ0n) is 15.0. The Kier molecular flexibility index (Phi) is 5.95. The van der Waals surface area contributed by atoms with Crippen LogP contribution in [0.4, 0.5) is 18.0 Å². The summed E-state index contributed by atoms with van der Waals surface area (Å²) in [5.41, 5.74) is -3.09. The molecule has 0 fully saturated rings. The van der Waals surface area contributed by atoms with Gasteiger partial charge < -0.3 is 9.47 Å².